The molecule has 0 atom stereocenters. The van der Waals surface area contributed by atoms with Gasteiger partial charge in [-0.25, -0.2) is 13.2 Å². The summed E-state index contributed by atoms with van der Waals surface area (Å²) in [7, 11) is -3.89. The summed E-state index contributed by atoms with van der Waals surface area (Å²) in [6.45, 7) is 7.70. The van der Waals surface area contributed by atoms with Gasteiger partial charge in [-0.2, -0.15) is 0 Å². The first-order valence-electron chi connectivity index (χ1n) is 9.72. The first kappa shape index (κ1) is 23.4. The van der Waals surface area contributed by atoms with E-state index in [1.165, 1.54) is 18.2 Å². The lowest BCUT2D eigenvalue weighted by molar-refractivity contribution is -0.124. The number of nitrogens with one attached hydrogen (secondary N) is 2. The van der Waals surface area contributed by atoms with Gasteiger partial charge in [0.25, 0.3) is 15.9 Å². The Morgan fingerprint density at radius 2 is 1.80 bits per heavy atom. The Labute approximate surface area is 177 Å². The number of aryl methyl sites for hydroxylation is 2. The maximum atomic E-state index is 12.7. The van der Waals surface area contributed by atoms with Gasteiger partial charge < -0.3 is 10.1 Å². The lowest BCUT2D eigenvalue weighted by atomic mass is 10.1. The normalized spacial score (nSPS) is 11.2. The molecule has 0 unspecified atom stereocenters. The van der Waals surface area contributed by atoms with E-state index in [9.17, 15) is 18.0 Å². The first-order chi connectivity index (χ1) is 14.1. The van der Waals surface area contributed by atoms with Gasteiger partial charge in [0.15, 0.2) is 6.61 Å². The molecule has 0 aromatic heterocycles. The Hall–Kier alpha value is -2.87. The van der Waals surface area contributed by atoms with E-state index in [1.807, 2.05) is 26.8 Å². The molecule has 2 N–H and O–H groups in total. The summed E-state index contributed by atoms with van der Waals surface area (Å²) in [6, 6.07) is 11.2. The van der Waals surface area contributed by atoms with Gasteiger partial charge in [-0.1, -0.05) is 32.0 Å². The van der Waals surface area contributed by atoms with Crippen molar-refractivity contribution >= 4 is 27.6 Å². The van der Waals surface area contributed by atoms with Crippen molar-refractivity contribution in [1.29, 1.82) is 0 Å². The van der Waals surface area contributed by atoms with E-state index < -0.39 is 28.5 Å². The number of carbonyl (C=O) groups is 2. The van der Waals surface area contributed by atoms with E-state index in [1.54, 1.807) is 25.1 Å². The second-order valence-corrected chi connectivity index (χ2v) is 9.24. The molecule has 0 saturated heterocycles. The maximum Gasteiger partial charge on any atom is 0.338 e. The smallest absolute Gasteiger partial charge is 0.338 e. The van der Waals surface area contributed by atoms with Crippen LogP contribution in [0.25, 0.3) is 0 Å². The van der Waals surface area contributed by atoms with Crippen molar-refractivity contribution in [1.82, 2.24) is 5.32 Å². The van der Waals surface area contributed by atoms with Gasteiger partial charge in [0.2, 0.25) is 0 Å². The zero-order valence-corrected chi connectivity index (χ0v) is 18.5. The number of ether oxygens (including phenoxy) is 1. The molecule has 30 heavy (non-hydrogen) atoms. The number of anilines is 1. The molecule has 0 heterocycles. The average Bonchev–Trinajstić information content (AvgIpc) is 2.65. The molecule has 0 fully saturated rings. The van der Waals surface area contributed by atoms with Gasteiger partial charge in [0, 0.05) is 12.2 Å². The molecule has 0 bridgehead atoms. The molecular weight excluding hydrogens is 404 g/mol. The maximum absolute atomic E-state index is 12.7. The number of benzene rings is 2. The van der Waals surface area contributed by atoms with Crippen molar-refractivity contribution in [3.63, 3.8) is 0 Å². The molecule has 2 aromatic carbocycles. The second kappa shape index (κ2) is 10.2. The summed E-state index contributed by atoms with van der Waals surface area (Å²) in [5.74, 6) is -0.695. The molecule has 2 aromatic rings. The Bertz CT molecular complexity index is 1020. The molecule has 0 radical (unpaired) electrons. The van der Waals surface area contributed by atoms with Crippen LogP contribution in [0.5, 0.6) is 0 Å². The van der Waals surface area contributed by atoms with Crippen LogP contribution in [0, 0.1) is 19.8 Å². The van der Waals surface area contributed by atoms with Crippen LogP contribution in [-0.2, 0) is 19.6 Å². The third-order valence-corrected chi connectivity index (χ3v) is 5.77. The van der Waals surface area contributed by atoms with Gasteiger partial charge in [0.1, 0.15) is 0 Å². The molecule has 0 aliphatic heterocycles. The molecule has 0 aliphatic rings. The third kappa shape index (κ3) is 6.88. The fourth-order valence-electron chi connectivity index (χ4n) is 2.67. The Morgan fingerprint density at radius 3 is 2.47 bits per heavy atom. The van der Waals surface area contributed by atoms with Crippen molar-refractivity contribution in [2.75, 3.05) is 17.9 Å². The van der Waals surface area contributed by atoms with Gasteiger partial charge in [-0.15, -0.1) is 0 Å². The summed E-state index contributed by atoms with van der Waals surface area (Å²) < 4.78 is 33.0. The summed E-state index contributed by atoms with van der Waals surface area (Å²) in [5, 5.41) is 2.68. The van der Waals surface area contributed by atoms with E-state index in [-0.39, 0.29) is 10.5 Å². The molecule has 8 heteroatoms. The lowest BCUT2D eigenvalue weighted by Crippen LogP contribution is -2.30. The fourth-order valence-corrected chi connectivity index (χ4v) is 3.75. The number of amides is 1. The predicted molar refractivity (Wildman–Crippen MR) is 116 cm³/mol. The highest BCUT2D eigenvalue weighted by Crippen LogP contribution is 2.20. The largest absolute Gasteiger partial charge is 0.452 e. The van der Waals surface area contributed by atoms with Gasteiger partial charge in [-0.05, 0) is 61.6 Å². The monoisotopic (exact) mass is 432 g/mol. The minimum absolute atomic E-state index is 0.0667. The van der Waals surface area contributed by atoms with E-state index in [2.05, 4.69) is 10.0 Å². The van der Waals surface area contributed by atoms with Crippen LogP contribution in [0.15, 0.2) is 47.4 Å². The minimum Gasteiger partial charge on any atom is -0.452 e. The molecule has 162 valence electrons. The lowest BCUT2D eigenvalue weighted by Gasteiger charge is -2.12. The van der Waals surface area contributed by atoms with Crippen LogP contribution in [0.2, 0.25) is 0 Å². The summed E-state index contributed by atoms with van der Waals surface area (Å²) in [6.07, 6.45) is 0.826. The van der Waals surface area contributed by atoms with Crippen LogP contribution in [-0.4, -0.2) is 33.4 Å². The van der Waals surface area contributed by atoms with Gasteiger partial charge in [-0.3, -0.25) is 9.52 Å². The van der Waals surface area contributed by atoms with Crippen molar-refractivity contribution in [2.45, 2.75) is 39.0 Å². The number of rotatable bonds is 9. The number of sulfonamides is 1. The van der Waals surface area contributed by atoms with Crippen LogP contribution in [0.1, 0.15) is 41.8 Å². The summed E-state index contributed by atoms with van der Waals surface area (Å²) in [5.41, 5.74) is 1.99. The van der Waals surface area contributed by atoms with Gasteiger partial charge in [0.05, 0.1) is 10.5 Å². The Kier molecular flexibility index (Phi) is 8.00. The molecular formula is C22H28N2O5S. The number of hydrogen-bond donors (Lipinski definition) is 2. The van der Waals surface area contributed by atoms with Crippen molar-refractivity contribution in [2.24, 2.45) is 5.92 Å². The standard InChI is InChI=1S/C22H28N2O5S/c1-15(2)10-11-23-21(25)14-29-22(26)20-13-19(9-8-17(20)4)30(27,28)24-18-7-5-6-16(3)12-18/h5-9,12-13,15,24H,10-11,14H2,1-4H3,(H,23,25). The molecule has 7 nitrogen and oxygen atoms in total. The quantitative estimate of drug-likeness (QED) is 0.591. The number of hydrogen-bond acceptors (Lipinski definition) is 5. The van der Waals surface area contributed by atoms with Crippen molar-refractivity contribution < 1.29 is 22.7 Å². The topological polar surface area (TPSA) is 102 Å². The first-order valence-corrected chi connectivity index (χ1v) is 11.2. The molecule has 0 saturated carbocycles. The highest BCUT2D eigenvalue weighted by molar-refractivity contribution is 7.92. The van der Waals surface area contributed by atoms with Crippen LogP contribution in [0.4, 0.5) is 5.69 Å². The minimum atomic E-state index is -3.89. The Morgan fingerprint density at radius 1 is 1.07 bits per heavy atom. The Balaban J connectivity index is 2.08. The fraction of sp³-hybridized carbons (Fsp3) is 0.364. The van der Waals surface area contributed by atoms with Crippen LogP contribution >= 0.6 is 0 Å². The van der Waals surface area contributed by atoms with E-state index in [0.717, 1.165) is 12.0 Å². The molecule has 1 amide bonds. The number of esters is 1. The molecule has 0 aliphatic carbocycles. The second-order valence-electron chi connectivity index (χ2n) is 7.56. The third-order valence-electron chi connectivity index (χ3n) is 4.39. The van der Waals surface area contributed by atoms with Crippen LogP contribution in [0.3, 0.4) is 0 Å². The van der Waals surface area contributed by atoms with E-state index in [4.69, 9.17) is 4.74 Å². The van der Waals surface area contributed by atoms with E-state index >= 15 is 0 Å². The molecule has 2 rings (SSSR count). The predicted octanol–water partition coefficient (Wildman–Crippen LogP) is 3.42. The SMILES string of the molecule is Cc1cccc(NS(=O)(=O)c2ccc(C)c(C(=O)OCC(=O)NCCC(C)C)c2)c1. The zero-order valence-electron chi connectivity index (χ0n) is 17.7. The van der Waals surface area contributed by atoms with Gasteiger partial charge >= 0.3 is 5.97 Å². The van der Waals surface area contributed by atoms with Crippen LogP contribution < -0.4 is 10.0 Å². The average molecular weight is 433 g/mol. The summed E-state index contributed by atoms with van der Waals surface area (Å²) in [4.78, 5) is 24.2. The van der Waals surface area contributed by atoms with Crippen molar-refractivity contribution in [3.05, 3.63) is 59.2 Å². The highest BCUT2D eigenvalue weighted by Gasteiger charge is 2.20. The summed E-state index contributed by atoms with van der Waals surface area (Å²) >= 11 is 0. The van der Waals surface area contributed by atoms with E-state index in [0.29, 0.717) is 23.7 Å². The van der Waals surface area contributed by atoms with Crippen molar-refractivity contribution in [3.8, 4) is 0 Å². The molecule has 0 spiro atoms. The zero-order chi connectivity index (χ0) is 22.3. The highest BCUT2D eigenvalue weighted by atomic mass is 32.2. The number of carbonyl (C=O) groups excluding carboxylic acids is 2.